The molecular weight excluding hydrogens is 237 g/mol. The second-order valence-corrected chi connectivity index (χ2v) is 6.52. The molecule has 3 rings (SSSR count). The van der Waals surface area contributed by atoms with Crippen LogP contribution in [-0.2, 0) is 0 Å². The predicted octanol–water partition coefficient (Wildman–Crippen LogP) is 4.11. The fourth-order valence-corrected chi connectivity index (χ4v) is 4.08. The molecule has 1 saturated carbocycles. The van der Waals surface area contributed by atoms with Crippen LogP contribution in [0.3, 0.4) is 0 Å². The Labute approximate surface area is 115 Å². The van der Waals surface area contributed by atoms with E-state index < -0.39 is 0 Å². The monoisotopic (exact) mass is 261 g/mol. The minimum atomic E-state index is 0.0102. The van der Waals surface area contributed by atoms with Crippen molar-refractivity contribution in [2.24, 2.45) is 5.92 Å². The fourth-order valence-electron chi connectivity index (χ4n) is 4.08. The van der Waals surface area contributed by atoms with Gasteiger partial charge in [0.25, 0.3) is 0 Å². The Morgan fingerprint density at radius 1 is 1.11 bits per heavy atom. The molecule has 4 atom stereocenters. The van der Waals surface area contributed by atoms with Crippen molar-refractivity contribution < 1.29 is 4.39 Å². The standard InChI is InChI=1S/C17H24FN/c1-10-6-5-7-15(17(10)18)16-11(2)12(3)19(13(16)4)14-8-9-14/h5-7,11-14,16H,8-9H2,1-4H3. The Bertz CT molecular complexity index is 480. The van der Waals surface area contributed by atoms with Crippen LogP contribution >= 0.6 is 0 Å². The SMILES string of the molecule is Cc1cccc(C2C(C)C(C)N(C3CC3)C2C)c1F. The highest BCUT2D eigenvalue weighted by atomic mass is 19.1. The van der Waals surface area contributed by atoms with Gasteiger partial charge in [-0.15, -0.1) is 0 Å². The van der Waals surface area contributed by atoms with Gasteiger partial charge >= 0.3 is 0 Å². The maximum absolute atomic E-state index is 14.5. The summed E-state index contributed by atoms with van der Waals surface area (Å²) in [6.07, 6.45) is 2.65. The van der Waals surface area contributed by atoms with Crippen molar-refractivity contribution in [1.82, 2.24) is 4.90 Å². The third-order valence-electron chi connectivity index (χ3n) is 5.34. The molecule has 0 aromatic heterocycles. The normalized spacial score (nSPS) is 35.8. The fraction of sp³-hybridized carbons (Fsp3) is 0.647. The number of hydrogen-bond acceptors (Lipinski definition) is 1. The average molecular weight is 261 g/mol. The van der Waals surface area contributed by atoms with Gasteiger partial charge in [0.15, 0.2) is 0 Å². The van der Waals surface area contributed by atoms with Crippen molar-refractivity contribution in [3.8, 4) is 0 Å². The molecule has 1 heterocycles. The van der Waals surface area contributed by atoms with E-state index in [-0.39, 0.29) is 5.82 Å². The van der Waals surface area contributed by atoms with Crippen LogP contribution in [0.15, 0.2) is 18.2 Å². The smallest absolute Gasteiger partial charge is 0.129 e. The zero-order valence-electron chi connectivity index (χ0n) is 12.4. The number of likely N-dealkylation sites (tertiary alicyclic amines) is 1. The van der Waals surface area contributed by atoms with Gasteiger partial charge in [0.1, 0.15) is 5.82 Å². The van der Waals surface area contributed by atoms with Crippen LogP contribution in [0.25, 0.3) is 0 Å². The number of benzene rings is 1. The lowest BCUT2D eigenvalue weighted by Crippen LogP contribution is -2.36. The van der Waals surface area contributed by atoms with Crippen molar-refractivity contribution >= 4 is 0 Å². The lowest BCUT2D eigenvalue weighted by Gasteiger charge is -2.27. The van der Waals surface area contributed by atoms with E-state index >= 15 is 0 Å². The second-order valence-electron chi connectivity index (χ2n) is 6.52. The van der Waals surface area contributed by atoms with Gasteiger partial charge < -0.3 is 0 Å². The molecule has 1 saturated heterocycles. The molecule has 1 aromatic carbocycles. The molecule has 0 spiro atoms. The summed E-state index contributed by atoms with van der Waals surface area (Å²) in [5.41, 5.74) is 1.70. The molecule has 104 valence electrons. The molecule has 1 aromatic rings. The van der Waals surface area contributed by atoms with E-state index in [1.807, 2.05) is 25.1 Å². The van der Waals surface area contributed by atoms with Gasteiger partial charge in [0.2, 0.25) is 0 Å². The average Bonchev–Trinajstić information content (AvgIpc) is 3.16. The lowest BCUT2D eigenvalue weighted by molar-refractivity contribution is 0.190. The van der Waals surface area contributed by atoms with Crippen molar-refractivity contribution in [3.63, 3.8) is 0 Å². The largest absolute Gasteiger partial charge is 0.294 e. The Morgan fingerprint density at radius 3 is 2.42 bits per heavy atom. The molecule has 0 amide bonds. The third kappa shape index (κ3) is 2.01. The summed E-state index contributed by atoms with van der Waals surface area (Å²) in [6, 6.07) is 7.62. The van der Waals surface area contributed by atoms with E-state index in [0.29, 0.717) is 23.9 Å². The van der Waals surface area contributed by atoms with Crippen molar-refractivity contribution in [3.05, 3.63) is 35.1 Å². The van der Waals surface area contributed by atoms with E-state index in [0.717, 1.165) is 17.2 Å². The van der Waals surface area contributed by atoms with Gasteiger partial charge in [-0.1, -0.05) is 25.1 Å². The van der Waals surface area contributed by atoms with Gasteiger partial charge in [-0.25, -0.2) is 4.39 Å². The molecule has 0 bridgehead atoms. The molecule has 0 N–H and O–H groups in total. The Morgan fingerprint density at radius 2 is 1.79 bits per heavy atom. The number of aryl methyl sites for hydroxylation is 1. The molecule has 2 fully saturated rings. The highest BCUT2D eigenvalue weighted by Gasteiger charge is 2.48. The predicted molar refractivity (Wildman–Crippen MR) is 76.8 cm³/mol. The van der Waals surface area contributed by atoms with Gasteiger partial charge in [-0.05, 0) is 50.7 Å². The summed E-state index contributed by atoms with van der Waals surface area (Å²) in [4.78, 5) is 2.64. The minimum Gasteiger partial charge on any atom is -0.294 e. The lowest BCUT2D eigenvalue weighted by atomic mass is 9.83. The van der Waals surface area contributed by atoms with E-state index in [4.69, 9.17) is 0 Å². The molecular formula is C17H24FN. The number of rotatable bonds is 2. The van der Waals surface area contributed by atoms with E-state index in [9.17, 15) is 4.39 Å². The topological polar surface area (TPSA) is 3.24 Å². The summed E-state index contributed by atoms with van der Waals surface area (Å²) < 4.78 is 14.5. The minimum absolute atomic E-state index is 0.0102. The summed E-state index contributed by atoms with van der Waals surface area (Å²) in [5, 5.41) is 0. The summed E-state index contributed by atoms with van der Waals surface area (Å²) >= 11 is 0. The van der Waals surface area contributed by atoms with Crippen molar-refractivity contribution in [2.45, 2.75) is 64.6 Å². The zero-order chi connectivity index (χ0) is 13.7. The maximum atomic E-state index is 14.5. The molecule has 0 radical (unpaired) electrons. The molecule has 1 aliphatic carbocycles. The van der Waals surface area contributed by atoms with Crippen LogP contribution in [0.4, 0.5) is 4.39 Å². The Balaban J connectivity index is 1.97. The molecule has 19 heavy (non-hydrogen) atoms. The first-order valence-electron chi connectivity index (χ1n) is 7.54. The van der Waals surface area contributed by atoms with Gasteiger partial charge in [-0.2, -0.15) is 0 Å². The van der Waals surface area contributed by atoms with E-state index in [2.05, 4.69) is 25.7 Å². The molecule has 4 unspecified atom stereocenters. The van der Waals surface area contributed by atoms with Crippen LogP contribution in [0.5, 0.6) is 0 Å². The third-order valence-corrected chi connectivity index (χ3v) is 5.34. The van der Waals surface area contributed by atoms with Crippen LogP contribution in [0.1, 0.15) is 50.7 Å². The first-order chi connectivity index (χ1) is 9.02. The molecule has 2 heteroatoms. The van der Waals surface area contributed by atoms with Gasteiger partial charge in [0.05, 0.1) is 0 Å². The molecule has 2 aliphatic rings. The maximum Gasteiger partial charge on any atom is 0.129 e. The quantitative estimate of drug-likeness (QED) is 0.774. The molecule has 1 aliphatic heterocycles. The summed E-state index contributed by atoms with van der Waals surface area (Å²) in [5.74, 6) is 0.860. The van der Waals surface area contributed by atoms with E-state index in [1.165, 1.54) is 12.8 Å². The highest BCUT2D eigenvalue weighted by Crippen LogP contribution is 2.47. The first-order valence-corrected chi connectivity index (χ1v) is 7.54. The van der Waals surface area contributed by atoms with Crippen LogP contribution in [0.2, 0.25) is 0 Å². The number of halogens is 1. The van der Waals surface area contributed by atoms with Crippen molar-refractivity contribution in [2.75, 3.05) is 0 Å². The number of nitrogens with zero attached hydrogens (tertiary/aromatic N) is 1. The zero-order valence-corrected chi connectivity index (χ0v) is 12.4. The second kappa shape index (κ2) is 4.59. The Kier molecular flexibility index (Phi) is 3.17. The summed E-state index contributed by atoms with van der Waals surface area (Å²) in [7, 11) is 0. The first kappa shape index (κ1) is 13.1. The summed E-state index contributed by atoms with van der Waals surface area (Å²) in [6.45, 7) is 8.75. The van der Waals surface area contributed by atoms with Gasteiger partial charge in [-0.3, -0.25) is 4.90 Å². The van der Waals surface area contributed by atoms with Crippen LogP contribution in [-0.4, -0.2) is 23.0 Å². The number of hydrogen-bond donors (Lipinski definition) is 0. The Hall–Kier alpha value is -0.890. The highest BCUT2D eigenvalue weighted by molar-refractivity contribution is 5.31. The molecule has 1 nitrogen and oxygen atoms in total. The van der Waals surface area contributed by atoms with Crippen LogP contribution in [0, 0.1) is 18.7 Å². The van der Waals surface area contributed by atoms with Gasteiger partial charge in [0, 0.05) is 24.0 Å². The van der Waals surface area contributed by atoms with Crippen molar-refractivity contribution in [1.29, 1.82) is 0 Å². The van der Waals surface area contributed by atoms with E-state index in [1.54, 1.807) is 0 Å². The van der Waals surface area contributed by atoms with Crippen LogP contribution < -0.4 is 0 Å².